The van der Waals surface area contributed by atoms with Gasteiger partial charge >= 0.3 is 6.18 Å². The van der Waals surface area contributed by atoms with Crippen LogP contribution in [0.15, 0.2) is 0 Å². The number of halogens is 3. The maximum atomic E-state index is 11.7. The second-order valence-corrected chi connectivity index (χ2v) is 3.36. The zero-order chi connectivity index (χ0) is 11.9. The number of aliphatic hydroxyl groups excluding tert-OH is 1. The molecule has 0 aliphatic carbocycles. The van der Waals surface area contributed by atoms with Crippen LogP contribution in [-0.4, -0.2) is 29.8 Å². The molecule has 0 spiro atoms. The van der Waals surface area contributed by atoms with Crippen LogP contribution < -0.4 is 5.32 Å². The molecule has 1 unspecified atom stereocenters. The summed E-state index contributed by atoms with van der Waals surface area (Å²) in [4.78, 5) is 10.9. The first-order chi connectivity index (χ1) is 6.85. The lowest BCUT2D eigenvalue weighted by Crippen LogP contribution is -2.32. The van der Waals surface area contributed by atoms with E-state index in [1.165, 1.54) is 0 Å². The van der Waals surface area contributed by atoms with Crippen LogP contribution in [0.25, 0.3) is 0 Å². The van der Waals surface area contributed by atoms with Crippen molar-refractivity contribution in [1.82, 2.24) is 5.32 Å². The quantitative estimate of drug-likeness (QED) is 0.724. The Labute approximate surface area is 86.7 Å². The highest BCUT2D eigenvalue weighted by Crippen LogP contribution is 2.20. The van der Waals surface area contributed by atoms with Gasteiger partial charge in [0.25, 0.3) is 0 Å². The van der Waals surface area contributed by atoms with Crippen LogP contribution in [0.3, 0.4) is 0 Å². The lowest BCUT2D eigenvalue weighted by atomic mass is 10.2. The van der Waals surface area contributed by atoms with Crippen molar-refractivity contribution in [2.24, 2.45) is 0 Å². The lowest BCUT2D eigenvalue weighted by molar-refractivity contribution is -0.144. The molecule has 1 amide bonds. The van der Waals surface area contributed by atoms with E-state index in [9.17, 15) is 23.1 Å². The van der Waals surface area contributed by atoms with Crippen LogP contribution in [0.5, 0.6) is 0 Å². The molecule has 0 aromatic carbocycles. The third kappa shape index (κ3) is 9.52. The fourth-order valence-corrected chi connectivity index (χ4v) is 1.01. The van der Waals surface area contributed by atoms with Gasteiger partial charge in [0.15, 0.2) is 0 Å². The van der Waals surface area contributed by atoms with Crippen LogP contribution in [-0.2, 0) is 4.79 Å². The van der Waals surface area contributed by atoms with E-state index in [0.29, 0.717) is 6.42 Å². The van der Waals surface area contributed by atoms with E-state index >= 15 is 0 Å². The van der Waals surface area contributed by atoms with Crippen LogP contribution in [0, 0.1) is 0 Å². The van der Waals surface area contributed by atoms with Crippen LogP contribution in [0.1, 0.15) is 32.6 Å². The highest BCUT2D eigenvalue weighted by atomic mass is 19.4. The van der Waals surface area contributed by atoms with Gasteiger partial charge in [0, 0.05) is 13.0 Å². The van der Waals surface area contributed by atoms with Crippen LogP contribution in [0.2, 0.25) is 0 Å². The average Bonchev–Trinajstić information content (AvgIpc) is 2.11. The highest BCUT2D eigenvalue weighted by Gasteiger charge is 2.27. The predicted molar refractivity (Wildman–Crippen MR) is 49.2 cm³/mol. The molecule has 90 valence electrons. The van der Waals surface area contributed by atoms with Gasteiger partial charge in [0.1, 0.15) is 0 Å². The number of nitrogens with one attached hydrogen (secondary N) is 1. The molecule has 6 heteroatoms. The summed E-state index contributed by atoms with van der Waals surface area (Å²) in [5.74, 6) is -0.678. The van der Waals surface area contributed by atoms with Gasteiger partial charge in [0.2, 0.25) is 5.91 Å². The zero-order valence-electron chi connectivity index (χ0n) is 8.60. The molecule has 0 rings (SSSR count). The van der Waals surface area contributed by atoms with Crippen molar-refractivity contribution < 1.29 is 23.1 Å². The first kappa shape index (κ1) is 14.2. The molecular formula is C9H16F3NO2. The summed E-state index contributed by atoms with van der Waals surface area (Å²) in [6, 6.07) is 0. The van der Waals surface area contributed by atoms with Gasteiger partial charge in [-0.15, -0.1) is 0 Å². The molecule has 0 aliphatic rings. The van der Waals surface area contributed by atoms with Gasteiger partial charge in [-0.1, -0.05) is 13.3 Å². The average molecular weight is 227 g/mol. The van der Waals surface area contributed by atoms with E-state index in [-0.39, 0.29) is 6.54 Å². The highest BCUT2D eigenvalue weighted by molar-refractivity contribution is 5.75. The Hall–Kier alpha value is -0.780. The number of aliphatic hydroxyl groups is 1. The number of amides is 1. The first-order valence-electron chi connectivity index (χ1n) is 4.86. The molecule has 0 bridgehead atoms. The van der Waals surface area contributed by atoms with Crippen molar-refractivity contribution in [3.05, 3.63) is 0 Å². The Morgan fingerprint density at radius 3 is 2.53 bits per heavy atom. The SMILES string of the molecule is CCCC(O)CNC(=O)CCC(F)(F)F. The van der Waals surface area contributed by atoms with E-state index in [2.05, 4.69) is 5.32 Å². The Morgan fingerprint density at radius 2 is 2.07 bits per heavy atom. The maximum Gasteiger partial charge on any atom is 0.389 e. The normalized spacial score (nSPS) is 13.7. The van der Waals surface area contributed by atoms with Crippen molar-refractivity contribution in [3.8, 4) is 0 Å². The topological polar surface area (TPSA) is 49.3 Å². The Morgan fingerprint density at radius 1 is 1.47 bits per heavy atom. The van der Waals surface area contributed by atoms with Gasteiger partial charge < -0.3 is 10.4 Å². The van der Waals surface area contributed by atoms with E-state index in [0.717, 1.165) is 6.42 Å². The third-order valence-corrected chi connectivity index (χ3v) is 1.79. The summed E-state index contributed by atoms with van der Waals surface area (Å²) in [5.41, 5.74) is 0. The monoisotopic (exact) mass is 227 g/mol. The molecule has 0 radical (unpaired) electrons. The second-order valence-electron chi connectivity index (χ2n) is 3.36. The molecule has 0 heterocycles. The van der Waals surface area contributed by atoms with Gasteiger partial charge in [-0.25, -0.2) is 0 Å². The molecule has 15 heavy (non-hydrogen) atoms. The summed E-state index contributed by atoms with van der Waals surface area (Å²) in [6.45, 7) is 1.89. The van der Waals surface area contributed by atoms with Gasteiger partial charge in [0.05, 0.1) is 12.5 Å². The molecule has 0 aliphatic heterocycles. The fraction of sp³-hybridized carbons (Fsp3) is 0.889. The summed E-state index contributed by atoms with van der Waals surface area (Å²) >= 11 is 0. The van der Waals surface area contributed by atoms with Crippen LogP contribution in [0.4, 0.5) is 13.2 Å². The minimum absolute atomic E-state index is 0.0184. The van der Waals surface area contributed by atoms with Crippen molar-refractivity contribution in [2.75, 3.05) is 6.54 Å². The van der Waals surface area contributed by atoms with Gasteiger partial charge in [-0.3, -0.25) is 4.79 Å². The van der Waals surface area contributed by atoms with Crippen molar-refractivity contribution in [3.63, 3.8) is 0 Å². The van der Waals surface area contributed by atoms with Gasteiger partial charge in [-0.2, -0.15) is 13.2 Å². The number of hydrogen-bond donors (Lipinski definition) is 2. The van der Waals surface area contributed by atoms with E-state index in [4.69, 9.17) is 0 Å². The van der Waals surface area contributed by atoms with Crippen molar-refractivity contribution in [2.45, 2.75) is 44.9 Å². The largest absolute Gasteiger partial charge is 0.391 e. The predicted octanol–water partition coefficient (Wildman–Crippen LogP) is 1.61. The van der Waals surface area contributed by atoms with Gasteiger partial charge in [-0.05, 0) is 6.42 Å². The van der Waals surface area contributed by atoms with E-state index in [1.807, 2.05) is 6.92 Å². The summed E-state index contributed by atoms with van der Waals surface area (Å²) in [5, 5.41) is 11.4. The number of alkyl halides is 3. The van der Waals surface area contributed by atoms with Crippen molar-refractivity contribution >= 4 is 5.91 Å². The molecule has 0 fully saturated rings. The maximum absolute atomic E-state index is 11.7. The molecule has 0 saturated heterocycles. The number of carbonyl (C=O) groups excluding carboxylic acids is 1. The van der Waals surface area contributed by atoms with E-state index in [1.54, 1.807) is 0 Å². The fourth-order valence-electron chi connectivity index (χ4n) is 1.01. The standard InChI is InChI=1S/C9H16F3NO2/c1-2-3-7(14)6-13-8(15)4-5-9(10,11)12/h7,14H,2-6H2,1H3,(H,13,15). The number of carbonyl (C=O) groups is 1. The Balaban J connectivity index is 3.58. The minimum Gasteiger partial charge on any atom is -0.391 e. The minimum atomic E-state index is -4.31. The number of hydrogen-bond acceptors (Lipinski definition) is 2. The lowest BCUT2D eigenvalue weighted by Gasteiger charge is -2.11. The van der Waals surface area contributed by atoms with E-state index < -0.39 is 31.0 Å². The molecule has 0 saturated carbocycles. The molecule has 3 nitrogen and oxygen atoms in total. The third-order valence-electron chi connectivity index (χ3n) is 1.79. The number of rotatable bonds is 6. The summed E-state index contributed by atoms with van der Waals surface area (Å²) in [7, 11) is 0. The molecular weight excluding hydrogens is 211 g/mol. The first-order valence-corrected chi connectivity index (χ1v) is 4.86. The molecule has 2 N–H and O–H groups in total. The Kier molecular flexibility index (Phi) is 6.31. The summed E-state index contributed by atoms with van der Waals surface area (Å²) in [6.07, 6.45) is -5.39. The Bertz CT molecular complexity index is 194. The zero-order valence-corrected chi connectivity index (χ0v) is 8.60. The van der Waals surface area contributed by atoms with Crippen LogP contribution >= 0.6 is 0 Å². The van der Waals surface area contributed by atoms with Crippen molar-refractivity contribution in [1.29, 1.82) is 0 Å². The summed E-state index contributed by atoms with van der Waals surface area (Å²) < 4.78 is 35.1. The molecule has 1 atom stereocenters. The second kappa shape index (κ2) is 6.66. The molecule has 0 aromatic rings. The molecule has 0 aromatic heterocycles. The smallest absolute Gasteiger partial charge is 0.389 e.